The molecule has 3 rings (SSSR count). The minimum atomic E-state index is -0.322. The van der Waals surface area contributed by atoms with Crippen LogP contribution in [0.5, 0.6) is 0 Å². The fraction of sp³-hybridized carbons (Fsp3) is 0.333. The van der Waals surface area contributed by atoms with Crippen molar-refractivity contribution in [1.82, 2.24) is 19.6 Å². The Morgan fingerprint density at radius 1 is 1.29 bits per heavy atom. The Balaban J connectivity index is 1.91. The molecule has 0 saturated heterocycles. The van der Waals surface area contributed by atoms with Crippen LogP contribution >= 0.6 is 0 Å². The largest absolute Gasteiger partial charge is 0.343 e. The summed E-state index contributed by atoms with van der Waals surface area (Å²) in [4.78, 5) is 31.5. The molecule has 0 bridgehead atoms. The lowest BCUT2D eigenvalue weighted by Gasteiger charge is -2.18. The van der Waals surface area contributed by atoms with Gasteiger partial charge in [0.2, 0.25) is 6.39 Å². The minimum Gasteiger partial charge on any atom is -0.343 e. The quantitative estimate of drug-likeness (QED) is 0.657. The molecule has 7 heteroatoms. The summed E-state index contributed by atoms with van der Waals surface area (Å²) >= 11 is 0. The molecular formula is C21H24N4O3. The number of nitrogens with zero attached hydrogens (tertiary/aromatic N) is 4. The topological polar surface area (TPSA) is 81.2 Å². The Bertz CT molecular complexity index is 1020. The first kappa shape index (κ1) is 19.5. The van der Waals surface area contributed by atoms with Gasteiger partial charge in [0.05, 0.1) is 0 Å². The standard InChI is InChI=1S/C21H24N4O3/c1-14(2)16-6-5-7-17(12-16)25-11-8-15(3)19(21(25)27)20(26)24(4)10-9-18-22-13-28-23-18/h5-8,11-14H,9-10H2,1-4H3. The molecule has 0 aliphatic carbocycles. The molecule has 0 fully saturated rings. The van der Waals surface area contributed by atoms with Gasteiger partial charge in [-0.15, -0.1) is 0 Å². The zero-order valence-corrected chi connectivity index (χ0v) is 16.5. The third-order valence-electron chi connectivity index (χ3n) is 4.75. The van der Waals surface area contributed by atoms with Crippen LogP contribution < -0.4 is 5.56 Å². The van der Waals surface area contributed by atoms with Gasteiger partial charge in [0.15, 0.2) is 5.82 Å². The second kappa shape index (κ2) is 8.21. The van der Waals surface area contributed by atoms with Crippen molar-refractivity contribution in [1.29, 1.82) is 0 Å². The third-order valence-corrected chi connectivity index (χ3v) is 4.75. The zero-order valence-electron chi connectivity index (χ0n) is 16.5. The van der Waals surface area contributed by atoms with Crippen molar-refractivity contribution in [2.24, 2.45) is 0 Å². The fourth-order valence-electron chi connectivity index (χ4n) is 2.99. The second-order valence-electron chi connectivity index (χ2n) is 7.12. The molecule has 0 unspecified atom stereocenters. The molecule has 0 aliphatic heterocycles. The van der Waals surface area contributed by atoms with Gasteiger partial charge in [-0.3, -0.25) is 14.2 Å². The summed E-state index contributed by atoms with van der Waals surface area (Å²) in [7, 11) is 1.66. The van der Waals surface area contributed by atoms with E-state index < -0.39 is 0 Å². The van der Waals surface area contributed by atoms with Crippen molar-refractivity contribution in [3.05, 3.63) is 75.8 Å². The number of aromatic nitrogens is 3. The number of rotatable bonds is 6. The van der Waals surface area contributed by atoms with Crippen LogP contribution in [0.3, 0.4) is 0 Å². The normalized spacial score (nSPS) is 11.0. The summed E-state index contributed by atoms with van der Waals surface area (Å²) in [5, 5.41) is 3.74. The van der Waals surface area contributed by atoms with Crippen LogP contribution in [0.2, 0.25) is 0 Å². The van der Waals surface area contributed by atoms with Crippen LogP contribution in [-0.4, -0.2) is 39.1 Å². The maximum absolute atomic E-state index is 13.1. The van der Waals surface area contributed by atoms with Crippen molar-refractivity contribution >= 4 is 5.91 Å². The molecule has 0 N–H and O–H groups in total. The van der Waals surface area contributed by atoms with Crippen molar-refractivity contribution in [3.8, 4) is 5.69 Å². The van der Waals surface area contributed by atoms with Crippen LogP contribution in [0.1, 0.15) is 47.1 Å². The van der Waals surface area contributed by atoms with E-state index >= 15 is 0 Å². The molecule has 1 aromatic carbocycles. The summed E-state index contributed by atoms with van der Waals surface area (Å²) < 4.78 is 6.23. The molecule has 1 amide bonds. The molecule has 0 aliphatic rings. The highest BCUT2D eigenvalue weighted by atomic mass is 16.5. The highest BCUT2D eigenvalue weighted by Crippen LogP contribution is 2.18. The molecule has 2 aromatic heterocycles. The fourth-order valence-corrected chi connectivity index (χ4v) is 2.99. The number of hydrogen-bond donors (Lipinski definition) is 0. The smallest absolute Gasteiger partial charge is 0.268 e. The lowest BCUT2D eigenvalue weighted by atomic mass is 10.0. The molecule has 28 heavy (non-hydrogen) atoms. The van der Waals surface area contributed by atoms with Crippen LogP contribution in [0.25, 0.3) is 5.69 Å². The number of hydrogen-bond acceptors (Lipinski definition) is 5. The first-order valence-electron chi connectivity index (χ1n) is 9.21. The average Bonchev–Trinajstić information content (AvgIpc) is 3.19. The number of benzene rings is 1. The summed E-state index contributed by atoms with van der Waals surface area (Å²) in [6.07, 6.45) is 3.42. The SMILES string of the molecule is Cc1ccn(-c2cccc(C(C)C)c2)c(=O)c1C(=O)N(C)CCc1ncon1. The van der Waals surface area contributed by atoms with Crippen molar-refractivity contribution in [2.75, 3.05) is 13.6 Å². The van der Waals surface area contributed by atoms with Crippen LogP contribution in [0.15, 0.2) is 52.2 Å². The van der Waals surface area contributed by atoms with Gasteiger partial charge >= 0.3 is 0 Å². The Kier molecular flexibility index (Phi) is 5.73. The first-order valence-corrected chi connectivity index (χ1v) is 9.21. The van der Waals surface area contributed by atoms with E-state index in [0.717, 1.165) is 11.3 Å². The number of amides is 1. The van der Waals surface area contributed by atoms with Crippen molar-refractivity contribution < 1.29 is 9.32 Å². The second-order valence-corrected chi connectivity index (χ2v) is 7.12. The Hall–Kier alpha value is -3.22. The van der Waals surface area contributed by atoms with E-state index in [9.17, 15) is 9.59 Å². The predicted molar refractivity (Wildman–Crippen MR) is 106 cm³/mol. The molecule has 0 radical (unpaired) electrons. The number of carbonyl (C=O) groups excluding carboxylic acids is 1. The lowest BCUT2D eigenvalue weighted by molar-refractivity contribution is 0.0793. The number of aryl methyl sites for hydroxylation is 1. The van der Waals surface area contributed by atoms with E-state index in [4.69, 9.17) is 4.52 Å². The minimum absolute atomic E-state index is 0.174. The average molecular weight is 380 g/mol. The Morgan fingerprint density at radius 3 is 2.75 bits per heavy atom. The van der Waals surface area contributed by atoms with Gasteiger partial charge in [0.1, 0.15) is 5.56 Å². The van der Waals surface area contributed by atoms with Gasteiger partial charge < -0.3 is 9.42 Å². The van der Waals surface area contributed by atoms with Gasteiger partial charge in [-0.25, -0.2) is 0 Å². The highest BCUT2D eigenvalue weighted by molar-refractivity contribution is 5.95. The van der Waals surface area contributed by atoms with E-state index in [1.165, 1.54) is 15.9 Å². The maximum atomic E-state index is 13.1. The Labute approximate surface area is 163 Å². The molecule has 2 heterocycles. The molecule has 146 valence electrons. The van der Waals surface area contributed by atoms with E-state index in [1.807, 2.05) is 24.3 Å². The maximum Gasteiger partial charge on any atom is 0.268 e. The van der Waals surface area contributed by atoms with Crippen molar-refractivity contribution in [3.63, 3.8) is 0 Å². The highest BCUT2D eigenvalue weighted by Gasteiger charge is 2.20. The molecule has 7 nitrogen and oxygen atoms in total. The monoisotopic (exact) mass is 380 g/mol. The Morgan fingerprint density at radius 2 is 2.07 bits per heavy atom. The summed E-state index contributed by atoms with van der Waals surface area (Å²) in [6, 6.07) is 9.61. The molecule has 0 saturated carbocycles. The molecule has 3 aromatic rings. The zero-order chi connectivity index (χ0) is 20.3. The van der Waals surface area contributed by atoms with Gasteiger partial charge in [-0.2, -0.15) is 4.98 Å². The summed E-state index contributed by atoms with van der Waals surface area (Å²) in [5.41, 5.74) is 2.39. The lowest BCUT2D eigenvalue weighted by Crippen LogP contribution is -2.36. The van der Waals surface area contributed by atoms with E-state index in [0.29, 0.717) is 30.3 Å². The van der Waals surface area contributed by atoms with E-state index in [1.54, 1.807) is 26.2 Å². The van der Waals surface area contributed by atoms with Gasteiger partial charge in [0, 0.05) is 31.9 Å². The summed E-state index contributed by atoms with van der Waals surface area (Å²) in [5.74, 6) is 0.547. The summed E-state index contributed by atoms with van der Waals surface area (Å²) in [6.45, 7) is 6.36. The van der Waals surface area contributed by atoms with E-state index in [2.05, 4.69) is 24.0 Å². The van der Waals surface area contributed by atoms with Gasteiger partial charge in [-0.05, 0) is 42.2 Å². The van der Waals surface area contributed by atoms with Gasteiger partial charge in [-0.1, -0.05) is 31.1 Å². The van der Waals surface area contributed by atoms with Crippen LogP contribution in [0, 0.1) is 6.92 Å². The molecular weight excluding hydrogens is 356 g/mol. The van der Waals surface area contributed by atoms with Gasteiger partial charge in [0.25, 0.3) is 11.5 Å². The molecule has 0 atom stereocenters. The van der Waals surface area contributed by atoms with Crippen LogP contribution in [-0.2, 0) is 6.42 Å². The third kappa shape index (κ3) is 4.03. The van der Waals surface area contributed by atoms with E-state index in [-0.39, 0.29) is 17.0 Å². The number of pyridine rings is 1. The molecule has 0 spiro atoms. The number of likely N-dealkylation sites (N-methyl/N-ethyl adjacent to an activating group) is 1. The van der Waals surface area contributed by atoms with Crippen molar-refractivity contribution in [2.45, 2.75) is 33.1 Å². The predicted octanol–water partition coefficient (Wildman–Crippen LogP) is 2.97. The first-order chi connectivity index (χ1) is 13.4. The van der Waals surface area contributed by atoms with Crippen LogP contribution in [0.4, 0.5) is 0 Å². The number of carbonyl (C=O) groups is 1.